The molecule has 2 aromatic heterocycles. The molecule has 7 heteroatoms. The van der Waals surface area contributed by atoms with Crippen LogP contribution in [0.15, 0.2) is 109 Å². The number of pyridine rings is 1. The summed E-state index contributed by atoms with van der Waals surface area (Å²) < 4.78 is 8.88. The van der Waals surface area contributed by atoms with E-state index in [1.54, 1.807) is 0 Å². The molecule has 0 amide bonds. The Morgan fingerprint density at radius 2 is 1.24 bits per heavy atom. The van der Waals surface area contributed by atoms with E-state index in [1.807, 2.05) is 24.4 Å². The Bertz CT molecular complexity index is 2620. The number of fused-ring (bicyclic) bond motifs is 4. The fourth-order valence-corrected chi connectivity index (χ4v) is 8.74. The molecule has 1 aliphatic rings. The molecule has 0 fully saturated rings. The third-order valence-electron chi connectivity index (χ3n) is 11.1. The van der Waals surface area contributed by atoms with Gasteiger partial charge in [0.15, 0.2) is 0 Å². The van der Waals surface area contributed by atoms with Crippen LogP contribution in [-0.2, 0) is 37.3 Å². The van der Waals surface area contributed by atoms with Crippen molar-refractivity contribution in [2.75, 3.05) is 9.80 Å². The normalized spacial score (nSPS) is 13.6. The van der Waals surface area contributed by atoms with Crippen molar-refractivity contribution in [2.24, 2.45) is 0 Å². The van der Waals surface area contributed by atoms with Gasteiger partial charge in [-0.05, 0) is 80.8 Å². The van der Waals surface area contributed by atoms with Gasteiger partial charge >= 0.3 is 0 Å². The van der Waals surface area contributed by atoms with Gasteiger partial charge in [-0.3, -0.25) is 0 Å². The van der Waals surface area contributed by atoms with E-state index in [-0.39, 0.29) is 37.3 Å². The number of aromatic nitrogens is 2. The van der Waals surface area contributed by atoms with Gasteiger partial charge in [0.05, 0.1) is 8.07 Å². The zero-order valence-electron chi connectivity index (χ0n) is 36.0. The third kappa shape index (κ3) is 7.90. The van der Waals surface area contributed by atoms with Crippen LogP contribution in [0.3, 0.4) is 0 Å². The predicted molar refractivity (Wildman–Crippen MR) is 243 cm³/mol. The summed E-state index contributed by atoms with van der Waals surface area (Å²) in [5, 5.41) is 3.76. The van der Waals surface area contributed by atoms with Crippen LogP contribution < -0.4 is 19.7 Å². The molecule has 5 nitrogen and oxygen atoms in total. The van der Waals surface area contributed by atoms with Gasteiger partial charge in [-0.25, -0.2) is 4.98 Å². The number of anilines is 4. The molecule has 5 aromatic carbocycles. The minimum absolute atomic E-state index is 0. The first-order valence-corrected chi connectivity index (χ1v) is 23.6. The maximum Gasteiger partial charge on any atom is 0.135 e. The second-order valence-electron chi connectivity index (χ2n) is 19.7. The first kappa shape index (κ1) is 41.5. The third-order valence-corrected chi connectivity index (χ3v) is 13.2. The van der Waals surface area contributed by atoms with Gasteiger partial charge in [-0.1, -0.05) is 123 Å². The zero-order valence-corrected chi connectivity index (χ0v) is 39.3. The van der Waals surface area contributed by atoms with Crippen LogP contribution in [0.25, 0.3) is 27.6 Å². The number of benzene rings is 5. The molecule has 3 heterocycles. The summed E-state index contributed by atoms with van der Waals surface area (Å²) in [5.74, 6) is 2.12. The van der Waals surface area contributed by atoms with Crippen molar-refractivity contribution in [3.8, 4) is 17.3 Å². The van der Waals surface area contributed by atoms with E-state index in [2.05, 4.69) is 200 Å². The van der Waals surface area contributed by atoms with E-state index in [9.17, 15) is 0 Å². The SMILES string of the molecule is CC(C)(C)c1cc(N2[CH-]N(c3[c-]c(Oc4[c-]c5c(cc4)c4cc([Si](C)(C)C)ccc4n5-c4cc(C(C)(C)C)ccn4)ccc3)c3ccccc32)cc(C(C)(C)C)c1.[Pt]. The van der Waals surface area contributed by atoms with E-state index in [0.29, 0.717) is 11.5 Å². The summed E-state index contributed by atoms with van der Waals surface area (Å²) in [5.41, 5.74) is 10.2. The molecule has 7 aromatic rings. The summed E-state index contributed by atoms with van der Waals surface area (Å²) in [4.78, 5) is 9.42. The van der Waals surface area contributed by atoms with Crippen LogP contribution in [-0.4, -0.2) is 17.6 Å². The quantitative estimate of drug-likeness (QED) is 0.123. The Kier molecular flexibility index (Phi) is 10.6. The molecule has 0 atom stereocenters. The number of para-hydroxylation sites is 2. The topological polar surface area (TPSA) is 33.5 Å². The maximum atomic E-state index is 6.64. The first-order valence-electron chi connectivity index (χ1n) is 20.1. The van der Waals surface area contributed by atoms with E-state index < -0.39 is 8.07 Å². The number of nitrogens with zero attached hydrogens (tertiary/aromatic N) is 4. The Morgan fingerprint density at radius 1 is 0.603 bits per heavy atom. The van der Waals surface area contributed by atoms with Gasteiger partial charge in [0.2, 0.25) is 0 Å². The van der Waals surface area contributed by atoms with Crippen LogP contribution in [0, 0.1) is 18.8 Å². The van der Waals surface area contributed by atoms with E-state index in [4.69, 9.17) is 9.72 Å². The molecule has 0 saturated carbocycles. The van der Waals surface area contributed by atoms with Crippen LogP contribution in [0.5, 0.6) is 11.5 Å². The van der Waals surface area contributed by atoms with Gasteiger partial charge in [-0.15, -0.1) is 48.1 Å². The molecule has 0 bridgehead atoms. The van der Waals surface area contributed by atoms with Crippen molar-refractivity contribution < 1.29 is 25.8 Å². The average molecular weight is 963 g/mol. The van der Waals surface area contributed by atoms with Gasteiger partial charge in [0.25, 0.3) is 0 Å². The van der Waals surface area contributed by atoms with Crippen LogP contribution in [0.2, 0.25) is 19.6 Å². The standard InChI is InChI=1S/C51H55N4OSi.Pt/c1-49(2,3)34-24-25-52-48(29-34)55-44-23-21-41(57(10,11)12)32-43(44)42-22-20-40(31-47(42)55)56-39-17-15-16-37(30-39)53-33-54(46-19-14-13-18-45(46)53)38-27-35(50(4,5)6)26-36(28-38)51(7,8)9;/h13-29,32-33H,1-12H3;/q-3;. The predicted octanol–water partition coefficient (Wildman–Crippen LogP) is 13.4. The zero-order chi connectivity index (χ0) is 40.7. The van der Waals surface area contributed by atoms with E-state index in [1.165, 1.54) is 27.3 Å². The van der Waals surface area contributed by atoms with Gasteiger partial charge < -0.3 is 19.1 Å². The average Bonchev–Trinajstić information content (AvgIpc) is 3.69. The van der Waals surface area contributed by atoms with Gasteiger partial charge in [-0.2, -0.15) is 12.1 Å². The molecule has 302 valence electrons. The summed E-state index contributed by atoms with van der Waals surface area (Å²) in [6.07, 6.45) is 1.92. The molecule has 0 aliphatic carbocycles. The second-order valence-corrected chi connectivity index (χ2v) is 24.7. The largest absolute Gasteiger partial charge is 0.509 e. The van der Waals surface area contributed by atoms with Crippen LogP contribution in [0.1, 0.15) is 79.0 Å². The smallest absolute Gasteiger partial charge is 0.135 e. The number of hydrogen-bond acceptors (Lipinski definition) is 4. The van der Waals surface area contributed by atoms with E-state index >= 15 is 0 Å². The molecule has 0 spiro atoms. The minimum atomic E-state index is -1.56. The summed E-state index contributed by atoms with van der Waals surface area (Å²) in [6.45, 7) is 29.8. The number of hydrogen-bond donors (Lipinski definition) is 0. The van der Waals surface area contributed by atoms with E-state index in [0.717, 1.165) is 45.0 Å². The Hall–Kier alpha value is -4.64. The Balaban J connectivity index is 0.00000512. The molecular formula is C51H55N4OPtSi-3. The minimum Gasteiger partial charge on any atom is -0.509 e. The van der Waals surface area contributed by atoms with Crippen molar-refractivity contribution in [2.45, 2.75) is 98.2 Å². The van der Waals surface area contributed by atoms with Crippen LogP contribution >= 0.6 is 0 Å². The Morgan fingerprint density at radius 3 is 1.88 bits per heavy atom. The molecule has 0 saturated heterocycles. The summed E-state index contributed by atoms with van der Waals surface area (Å²) in [7, 11) is -1.56. The molecule has 0 N–H and O–H groups in total. The first-order chi connectivity index (χ1) is 26.8. The van der Waals surface area contributed by atoms with Crippen molar-refractivity contribution in [3.63, 3.8) is 0 Å². The molecule has 0 radical (unpaired) electrons. The Labute approximate surface area is 361 Å². The summed E-state index contributed by atoms with van der Waals surface area (Å²) in [6, 6.07) is 44.4. The fraction of sp³-hybridized carbons (Fsp3) is 0.294. The van der Waals surface area contributed by atoms with Crippen molar-refractivity contribution >= 4 is 57.8 Å². The number of ether oxygens (including phenoxy) is 1. The molecular weight excluding hydrogens is 908 g/mol. The van der Waals surface area contributed by atoms with Crippen LogP contribution in [0.4, 0.5) is 22.7 Å². The molecule has 8 rings (SSSR count). The maximum absolute atomic E-state index is 6.64. The van der Waals surface area contributed by atoms with Gasteiger partial charge in [0, 0.05) is 61.3 Å². The van der Waals surface area contributed by atoms with Crippen molar-refractivity contribution in [1.29, 1.82) is 0 Å². The molecule has 58 heavy (non-hydrogen) atoms. The second kappa shape index (κ2) is 14.9. The molecule has 1 aliphatic heterocycles. The fourth-order valence-electron chi connectivity index (χ4n) is 7.58. The monoisotopic (exact) mass is 962 g/mol. The van der Waals surface area contributed by atoms with Crippen molar-refractivity contribution in [3.05, 3.63) is 145 Å². The van der Waals surface area contributed by atoms with Gasteiger partial charge in [0.1, 0.15) is 5.82 Å². The van der Waals surface area contributed by atoms with Crippen molar-refractivity contribution in [1.82, 2.24) is 9.55 Å². The molecule has 0 unspecified atom stereocenters. The summed E-state index contributed by atoms with van der Waals surface area (Å²) >= 11 is 0. The number of rotatable bonds is 6.